The Hall–Kier alpha value is -6.56. The summed E-state index contributed by atoms with van der Waals surface area (Å²) in [5.74, 6) is 0. The fourth-order valence-electron chi connectivity index (χ4n) is 9.65. The summed E-state index contributed by atoms with van der Waals surface area (Å²) in [6.45, 7) is 0.797. The molecule has 4 nitrogen and oxygen atoms in total. The minimum atomic E-state index is -0.531. The Kier molecular flexibility index (Phi) is 7.64. The van der Waals surface area contributed by atoms with Gasteiger partial charge in [0.2, 0.25) is 0 Å². The van der Waals surface area contributed by atoms with Crippen LogP contribution >= 0.6 is 0 Å². The van der Waals surface area contributed by atoms with Crippen LogP contribution in [0.1, 0.15) is 51.3 Å². The van der Waals surface area contributed by atoms with Crippen molar-refractivity contribution in [2.75, 3.05) is 0 Å². The van der Waals surface area contributed by atoms with Gasteiger partial charge in [-0.15, -0.1) is 0 Å². The molecule has 4 atom stereocenters. The second kappa shape index (κ2) is 13.0. The van der Waals surface area contributed by atoms with Crippen LogP contribution in [0.25, 0.3) is 38.6 Å². The maximum absolute atomic E-state index is 7.19. The molecule has 1 aliphatic heterocycles. The van der Waals surface area contributed by atoms with Crippen LogP contribution in [0.4, 0.5) is 0 Å². The Morgan fingerprint density at radius 3 is 1.80 bits per heavy atom. The molecule has 0 amide bonds. The molecule has 4 unspecified atom stereocenters. The molecule has 1 aromatic heterocycles. The zero-order chi connectivity index (χ0) is 37.2. The smallest absolute Gasteiger partial charge is 0.117 e. The zero-order valence-electron chi connectivity index (χ0n) is 30.9. The van der Waals surface area contributed by atoms with Crippen molar-refractivity contribution >= 4 is 21.8 Å². The van der Waals surface area contributed by atoms with Crippen LogP contribution in [0.2, 0.25) is 0 Å². The lowest BCUT2D eigenvalue weighted by molar-refractivity contribution is 0.237. The zero-order valence-corrected chi connectivity index (χ0v) is 30.9. The molecule has 11 rings (SSSR count). The Morgan fingerprint density at radius 2 is 1.11 bits per heavy atom. The van der Waals surface area contributed by atoms with Crippen LogP contribution in [0.15, 0.2) is 206 Å². The third kappa shape index (κ3) is 4.90. The SMILES string of the molecule is NC(c1ccc(-n2c3ccccc3c3ccc4c(c32)C(c2ccccc2)(c2ccccc2)c2ccccc2-4)cc1)N1C(c2ccccc2)N1Cc1ccccc1. The Labute approximate surface area is 327 Å². The molecule has 0 spiro atoms. The molecule has 0 bridgehead atoms. The van der Waals surface area contributed by atoms with E-state index < -0.39 is 5.41 Å². The molecule has 1 aliphatic carbocycles. The van der Waals surface area contributed by atoms with E-state index in [0.717, 1.165) is 17.8 Å². The number of hydrogen-bond donors (Lipinski definition) is 1. The van der Waals surface area contributed by atoms with Crippen molar-refractivity contribution in [1.29, 1.82) is 0 Å². The van der Waals surface area contributed by atoms with E-state index in [1.807, 2.05) is 0 Å². The summed E-state index contributed by atoms with van der Waals surface area (Å²) in [6, 6.07) is 75.0. The van der Waals surface area contributed by atoms with Crippen molar-refractivity contribution in [2.24, 2.45) is 5.73 Å². The first-order valence-electron chi connectivity index (χ1n) is 19.5. The van der Waals surface area contributed by atoms with E-state index >= 15 is 0 Å². The molecular weight excluding hydrogens is 681 g/mol. The molecule has 0 radical (unpaired) electrons. The molecule has 9 aromatic rings. The Balaban J connectivity index is 1.09. The number of rotatable bonds is 8. The van der Waals surface area contributed by atoms with Gasteiger partial charge in [-0.3, -0.25) is 0 Å². The predicted molar refractivity (Wildman–Crippen MR) is 228 cm³/mol. The maximum Gasteiger partial charge on any atom is 0.117 e. The van der Waals surface area contributed by atoms with Gasteiger partial charge < -0.3 is 10.3 Å². The van der Waals surface area contributed by atoms with Crippen LogP contribution in [0, 0.1) is 0 Å². The molecule has 2 heterocycles. The van der Waals surface area contributed by atoms with Crippen LogP contribution in [0.3, 0.4) is 0 Å². The van der Waals surface area contributed by atoms with Gasteiger partial charge in [0.25, 0.3) is 0 Å². The van der Waals surface area contributed by atoms with Crippen molar-refractivity contribution in [2.45, 2.75) is 24.3 Å². The van der Waals surface area contributed by atoms with E-state index in [1.54, 1.807) is 0 Å². The van der Waals surface area contributed by atoms with E-state index in [0.29, 0.717) is 0 Å². The topological polar surface area (TPSA) is 37.0 Å². The van der Waals surface area contributed by atoms with Crippen LogP contribution in [0.5, 0.6) is 0 Å². The number of nitrogens with two attached hydrogens (primary N) is 1. The van der Waals surface area contributed by atoms with Gasteiger partial charge in [-0.05, 0) is 62.7 Å². The number of nitrogens with zero attached hydrogens (tertiary/aromatic N) is 3. The van der Waals surface area contributed by atoms with Gasteiger partial charge in [-0.25, -0.2) is 5.01 Å². The minimum Gasteiger partial charge on any atom is -0.311 e. The van der Waals surface area contributed by atoms with E-state index in [9.17, 15) is 0 Å². The molecule has 1 saturated heterocycles. The van der Waals surface area contributed by atoms with Crippen molar-refractivity contribution in [3.05, 3.63) is 245 Å². The summed E-state index contributed by atoms with van der Waals surface area (Å²) < 4.78 is 2.50. The van der Waals surface area contributed by atoms with Crippen LogP contribution in [-0.4, -0.2) is 14.6 Å². The lowest BCUT2D eigenvalue weighted by Gasteiger charge is -2.34. The fourth-order valence-corrected chi connectivity index (χ4v) is 9.65. The standard InChI is InChI=1S/C52H40N4/c53-50(56-51(38-19-7-2-8-20-38)54(56)35-36-17-5-1-6-18-36)37-29-31-41(32-30-37)55-47-28-16-14-26-43(47)45-34-33-44-42-25-13-15-27-46(42)52(48(44)49(45)55,39-21-9-3-10-22-39)40-23-11-4-12-24-40/h1-34,50-51H,35,53H2. The Morgan fingerprint density at radius 1 is 0.518 bits per heavy atom. The van der Waals surface area contributed by atoms with Gasteiger partial charge in [-0.1, -0.05) is 188 Å². The van der Waals surface area contributed by atoms with Gasteiger partial charge in [0.15, 0.2) is 0 Å². The van der Waals surface area contributed by atoms with Gasteiger partial charge in [-0.2, -0.15) is 5.01 Å². The summed E-state index contributed by atoms with van der Waals surface area (Å²) in [4.78, 5) is 0. The van der Waals surface area contributed by atoms with Crippen LogP contribution < -0.4 is 5.73 Å². The highest BCUT2D eigenvalue weighted by Gasteiger charge is 2.50. The number of benzene rings is 8. The van der Waals surface area contributed by atoms with E-state index in [-0.39, 0.29) is 12.3 Å². The number of hydrogen-bond acceptors (Lipinski definition) is 3. The molecule has 8 aromatic carbocycles. The predicted octanol–water partition coefficient (Wildman–Crippen LogP) is 11.5. The molecule has 4 heteroatoms. The highest BCUT2D eigenvalue weighted by atomic mass is 15.9. The molecule has 0 saturated carbocycles. The van der Waals surface area contributed by atoms with Gasteiger partial charge in [0.05, 0.1) is 22.6 Å². The quantitative estimate of drug-likeness (QED) is 0.159. The first kappa shape index (κ1) is 32.8. The summed E-state index contributed by atoms with van der Waals surface area (Å²) in [6.07, 6.45) is -0.199. The first-order valence-corrected chi connectivity index (χ1v) is 19.5. The number of para-hydroxylation sites is 1. The maximum atomic E-state index is 7.19. The Bertz CT molecular complexity index is 2810. The summed E-state index contributed by atoms with van der Waals surface area (Å²) >= 11 is 0. The average Bonchev–Trinajstić information content (AvgIpc) is 3.75. The summed E-state index contributed by atoms with van der Waals surface area (Å²) in [7, 11) is 0. The van der Waals surface area contributed by atoms with Gasteiger partial charge in [0, 0.05) is 28.6 Å². The van der Waals surface area contributed by atoms with E-state index in [2.05, 4.69) is 221 Å². The molecule has 56 heavy (non-hydrogen) atoms. The normalized spacial score (nSPS) is 18.4. The van der Waals surface area contributed by atoms with Crippen molar-refractivity contribution < 1.29 is 0 Å². The third-order valence-corrected chi connectivity index (χ3v) is 12.1. The second-order valence-corrected chi connectivity index (χ2v) is 15.0. The molecule has 2 N–H and O–H groups in total. The van der Waals surface area contributed by atoms with E-state index in [4.69, 9.17) is 5.73 Å². The number of fused-ring (bicyclic) bond motifs is 7. The lowest BCUT2D eigenvalue weighted by atomic mass is 9.67. The van der Waals surface area contributed by atoms with Gasteiger partial charge >= 0.3 is 0 Å². The summed E-state index contributed by atoms with van der Waals surface area (Å²) in [5, 5.41) is 7.18. The monoisotopic (exact) mass is 720 g/mol. The number of hydrazine groups is 1. The largest absolute Gasteiger partial charge is 0.311 e. The van der Waals surface area contributed by atoms with Crippen LogP contribution in [-0.2, 0) is 12.0 Å². The lowest BCUT2D eigenvalue weighted by Crippen LogP contribution is -2.29. The molecular formula is C52H40N4. The van der Waals surface area contributed by atoms with Crippen molar-refractivity contribution in [3.8, 4) is 16.8 Å². The second-order valence-electron chi connectivity index (χ2n) is 15.0. The average molecular weight is 721 g/mol. The summed E-state index contributed by atoms with van der Waals surface area (Å²) in [5.41, 5.74) is 21.5. The van der Waals surface area contributed by atoms with Gasteiger partial charge in [0.1, 0.15) is 6.17 Å². The molecule has 268 valence electrons. The minimum absolute atomic E-state index is 0.108. The molecule has 1 fully saturated rings. The highest BCUT2D eigenvalue weighted by Crippen LogP contribution is 2.59. The van der Waals surface area contributed by atoms with Crippen molar-refractivity contribution in [1.82, 2.24) is 14.6 Å². The highest BCUT2D eigenvalue weighted by molar-refractivity contribution is 6.13. The number of aromatic nitrogens is 1. The molecule has 2 aliphatic rings. The van der Waals surface area contributed by atoms with Crippen molar-refractivity contribution in [3.63, 3.8) is 0 Å². The van der Waals surface area contributed by atoms with E-state index in [1.165, 1.54) is 66.3 Å². The first-order chi connectivity index (χ1) is 27.7. The fraction of sp³-hybridized carbons (Fsp3) is 0.0769. The third-order valence-electron chi connectivity index (χ3n) is 12.1.